The quantitative estimate of drug-likeness (QED) is 0.683. The van der Waals surface area contributed by atoms with Crippen LogP contribution in [0.2, 0.25) is 0 Å². The number of carbonyl (C=O) groups is 1. The third-order valence-electron chi connectivity index (χ3n) is 4.32. The molecule has 0 spiro atoms. The van der Waals surface area contributed by atoms with Gasteiger partial charge in [0.2, 0.25) is 0 Å². The highest BCUT2D eigenvalue weighted by atomic mass is 16.5. The normalized spacial score (nSPS) is 20.7. The van der Waals surface area contributed by atoms with Crippen molar-refractivity contribution in [2.45, 2.75) is 31.8 Å². The van der Waals surface area contributed by atoms with Gasteiger partial charge in [0.25, 0.3) is 5.91 Å². The molecule has 0 bridgehead atoms. The van der Waals surface area contributed by atoms with Crippen molar-refractivity contribution in [3.05, 3.63) is 41.6 Å². The number of rotatable bonds is 4. The number of nitriles is 1. The summed E-state index contributed by atoms with van der Waals surface area (Å²) < 4.78 is 5.52. The van der Waals surface area contributed by atoms with Crippen molar-refractivity contribution < 1.29 is 9.53 Å². The Morgan fingerprint density at radius 3 is 3.09 bits per heavy atom. The van der Waals surface area contributed by atoms with E-state index < -0.39 is 0 Å². The smallest absolute Gasteiger partial charge is 0.270 e. The summed E-state index contributed by atoms with van der Waals surface area (Å²) in [6.07, 6.45) is 5.70. The van der Waals surface area contributed by atoms with Crippen LogP contribution in [0.1, 0.15) is 24.8 Å². The van der Waals surface area contributed by atoms with Gasteiger partial charge in [-0.05, 0) is 37.3 Å². The summed E-state index contributed by atoms with van der Waals surface area (Å²) in [5, 5.41) is 12.4. The van der Waals surface area contributed by atoms with Crippen LogP contribution in [-0.2, 0) is 16.0 Å². The Hall–Kier alpha value is -2.32. The Morgan fingerprint density at radius 1 is 1.43 bits per heavy atom. The fourth-order valence-corrected chi connectivity index (χ4v) is 3.13. The van der Waals surface area contributed by atoms with Crippen LogP contribution in [0, 0.1) is 11.3 Å². The number of benzene rings is 1. The number of hydrogen-bond acceptors (Lipinski definition) is 4. The molecule has 5 nitrogen and oxygen atoms in total. The molecule has 1 amide bonds. The standard InChI is InChI=1S/C18H21N3O2/c19-11-15(12-20-13-16-7-4-10-23-16)18(22)21-9-3-6-14-5-1-2-8-17(14)21/h1-2,5,8,12,16,20H,3-4,6-7,9-10,13H2/b15-12-. The zero-order valence-electron chi connectivity index (χ0n) is 13.1. The van der Waals surface area contributed by atoms with Gasteiger partial charge >= 0.3 is 0 Å². The van der Waals surface area contributed by atoms with Crippen LogP contribution >= 0.6 is 0 Å². The first kappa shape index (κ1) is 15.6. The molecule has 5 heteroatoms. The lowest BCUT2D eigenvalue weighted by Gasteiger charge is -2.29. The average molecular weight is 311 g/mol. The first-order chi connectivity index (χ1) is 11.3. The lowest BCUT2D eigenvalue weighted by molar-refractivity contribution is -0.114. The van der Waals surface area contributed by atoms with Crippen molar-refractivity contribution in [3.63, 3.8) is 0 Å². The van der Waals surface area contributed by atoms with Crippen LogP contribution in [0.4, 0.5) is 5.69 Å². The molecule has 1 N–H and O–H groups in total. The summed E-state index contributed by atoms with van der Waals surface area (Å²) in [7, 11) is 0. The van der Waals surface area contributed by atoms with E-state index in [2.05, 4.69) is 5.32 Å². The molecular formula is C18H21N3O2. The van der Waals surface area contributed by atoms with Crippen LogP contribution in [0.3, 0.4) is 0 Å². The van der Waals surface area contributed by atoms with E-state index in [1.54, 1.807) is 4.90 Å². The predicted octanol–water partition coefficient (Wildman–Crippen LogP) is 2.14. The molecule has 1 saturated heterocycles. The van der Waals surface area contributed by atoms with Crippen molar-refractivity contribution in [3.8, 4) is 6.07 Å². The Labute approximate surface area is 136 Å². The lowest BCUT2D eigenvalue weighted by Crippen LogP contribution is -2.36. The van der Waals surface area contributed by atoms with Gasteiger partial charge in [-0.3, -0.25) is 4.79 Å². The Kier molecular flexibility index (Phi) is 4.94. The molecule has 1 atom stereocenters. The molecule has 2 aliphatic heterocycles. The minimum absolute atomic E-state index is 0.139. The van der Waals surface area contributed by atoms with E-state index in [1.807, 2.05) is 30.3 Å². The van der Waals surface area contributed by atoms with Gasteiger partial charge in [-0.1, -0.05) is 18.2 Å². The number of carbonyl (C=O) groups excluding carboxylic acids is 1. The number of para-hydroxylation sites is 1. The minimum atomic E-state index is -0.237. The molecule has 1 fully saturated rings. The molecule has 0 aromatic heterocycles. The highest BCUT2D eigenvalue weighted by Crippen LogP contribution is 2.27. The van der Waals surface area contributed by atoms with Gasteiger partial charge in [0.1, 0.15) is 11.6 Å². The average Bonchev–Trinajstić information content (AvgIpc) is 3.11. The van der Waals surface area contributed by atoms with E-state index in [0.717, 1.165) is 43.5 Å². The van der Waals surface area contributed by atoms with Gasteiger partial charge in [0.15, 0.2) is 0 Å². The molecule has 0 radical (unpaired) electrons. The van der Waals surface area contributed by atoms with E-state index in [4.69, 9.17) is 4.74 Å². The van der Waals surface area contributed by atoms with Gasteiger partial charge < -0.3 is 15.0 Å². The summed E-state index contributed by atoms with van der Waals surface area (Å²) in [6, 6.07) is 9.92. The largest absolute Gasteiger partial charge is 0.387 e. The van der Waals surface area contributed by atoms with Crippen LogP contribution in [0.15, 0.2) is 36.0 Å². The van der Waals surface area contributed by atoms with Crippen molar-refractivity contribution in [1.82, 2.24) is 5.32 Å². The molecule has 120 valence electrons. The van der Waals surface area contributed by atoms with E-state index in [0.29, 0.717) is 13.1 Å². The molecule has 1 aromatic rings. The predicted molar refractivity (Wildman–Crippen MR) is 87.8 cm³/mol. The summed E-state index contributed by atoms with van der Waals surface area (Å²) in [4.78, 5) is 14.4. The van der Waals surface area contributed by atoms with Crippen molar-refractivity contribution in [2.75, 3.05) is 24.6 Å². The molecule has 0 saturated carbocycles. The Morgan fingerprint density at radius 2 is 2.30 bits per heavy atom. The van der Waals surface area contributed by atoms with Crippen LogP contribution in [0.5, 0.6) is 0 Å². The van der Waals surface area contributed by atoms with Gasteiger partial charge in [0.05, 0.1) is 6.10 Å². The molecule has 1 aromatic carbocycles. The zero-order valence-corrected chi connectivity index (χ0v) is 13.1. The van der Waals surface area contributed by atoms with Crippen molar-refractivity contribution in [2.24, 2.45) is 0 Å². The van der Waals surface area contributed by atoms with Gasteiger partial charge in [0, 0.05) is 31.6 Å². The lowest BCUT2D eigenvalue weighted by atomic mass is 10.0. The maximum absolute atomic E-state index is 12.7. The van der Waals surface area contributed by atoms with Crippen LogP contribution in [-0.4, -0.2) is 31.7 Å². The van der Waals surface area contributed by atoms with E-state index in [1.165, 1.54) is 6.20 Å². The molecule has 0 aliphatic carbocycles. The van der Waals surface area contributed by atoms with E-state index >= 15 is 0 Å². The second kappa shape index (κ2) is 7.30. The summed E-state index contributed by atoms with van der Waals surface area (Å²) in [5.41, 5.74) is 2.22. The summed E-state index contributed by atoms with van der Waals surface area (Å²) in [5.74, 6) is -0.237. The fourth-order valence-electron chi connectivity index (χ4n) is 3.13. The number of hydrogen-bond donors (Lipinski definition) is 1. The summed E-state index contributed by atoms with van der Waals surface area (Å²) >= 11 is 0. The second-order valence-electron chi connectivity index (χ2n) is 5.90. The van der Waals surface area contributed by atoms with Crippen molar-refractivity contribution in [1.29, 1.82) is 5.26 Å². The number of aryl methyl sites for hydroxylation is 1. The first-order valence-electron chi connectivity index (χ1n) is 8.14. The minimum Gasteiger partial charge on any atom is -0.387 e. The number of fused-ring (bicyclic) bond motifs is 1. The Balaban J connectivity index is 1.69. The van der Waals surface area contributed by atoms with Crippen LogP contribution in [0.25, 0.3) is 0 Å². The number of ether oxygens (including phenoxy) is 1. The number of anilines is 1. The highest BCUT2D eigenvalue weighted by molar-refractivity contribution is 6.08. The zero-order chi connectivity index (χ0) is 16.1. The molecule has 1 unspecified atom stereocenters. The van der Waals surface area contributed by atoms with E-state index in [-0.39, 0.29) is 17.6 Å². The third-order valence-corrected chi connectivity index (χ3v) is 4.32. The summed E-state index contributed by atoms with van der Waals surface area (Å²) in [6.45, 7) is 2.08. The van der Waals surface area contributed by atoms with E-state index in [9.17, 15) is 10.1 Å². The van der Waals surface area contributed by atoms with Gasteiger partial charge in [-0.25, -0.2) is 0 Å². The molecule has 23 heavy (non-hydrogen) atoms. The number of nitrogens with zero attached hydrogens (tertiary/aromatic N) is 2. The monoisotopic (exact) mass is 311 g/mol. The molecule has 2 aliphatic rings. The Bertz CT molecular complexity index is 642. The number of nitrogens with one attached hydrogen (secondary N) is 1. The maximum atomic E-state index is 12.7. The molecular weight excluding hydrogens is 290 g/mol. The highest BCUT2D eigenvalue weighted by Gasteiger charge is 2.25. The van der Waals surface area contributed by atoms with Gasteiger partial charge in [-0.2, -0.15) is 5.26 Å². The first-order valence-corrected chi connectivity index (χ1v) is 8.14. The second-order valence-corrected chi connectivity index (χ2v) is 5.90. The number of amides is 1. The van der Waals surface area contributed by atoms with Crippen molar-refractivity contribution >= 4 is 11.6 Å². The maximum Gasteiger partial charge on any atom is 0.270 e. The van der Waals surface area contributed by atoms with Crippen LogP contribution < -0.4 is 10.2 Å². The third kappa shape index (κ3) is 3.54. The topological polar surface area (TPSA) is 65.4 Å². The SMILES string of the molecule is N#C/C(=C/NCC1CCCO1)C(=O)N1CCCc2ccccc21. The molecule has 2 heterocycles. The molecule has 3 rings (SSSR count). The fraction of sp³-hybridized carbons (Fsp3) is 0.444. The van der Waals surface area contributed by atoms with Gasteiger partial charge in [-0.15, -0.1) is 0 Å².